The summed E-state index contributed by atoms with van der Waals surface area (Å²) < 4.78 is 0. The normalized spacial score (nSPS) is 11.6. The summed E-state index contributed by atoms with van der Waals surface area (Å²) in [5, 5.41) is 11.6. The molecule has 0 atom stereocenters. The van der Waals surface area contributed by atoms with Crippen LogP contribution in [0.5, 0.6) is 0 Å². The molecule has 232 valence electrons. The Kier molecular flexibility index (Phi) is 6.49. The first kappa shape index (κ1) is 28.3. The Morgan fingerprint density at radius 1 is 0.260 bits per heavy atom. The third-order valence-corrected chi connectivity index (χ3v) is 9.89. The SMILES string of the molecule is c1ccc(-c2ccc(-c3nc(-c4cc5ccccc5c5ccccc45)nc(-c4c5ccccc5cc5c4ccc4ccccc45)n3)cc2)cc1. The molecule has 0 amide bonds. The first-order chi connectivity index (χ1) is 24.8. The summed E-state index contributed by atoms with van der Waals surface area (Å²) in [6.07, 6.45) is 0. The van der Waals surface area contributed by atoms with E-state index in [4.69, 9.17) is 15.0 Å². The van der Waals surface area contributed by atoms with Crippen molar-refractivity contribution in [3.8, 4) is 45.3 Å². The number of nitrogens with zero attached hydrogens (tertiary/aromatic N) is 3. The second kappa shape index (κ2) is 11.5. The first-order valence-electron chi connectivity index (χ1n) is 16.9. The average Bonchev–Trinajstić information content (AvgIpc) is 3.20. The van der Waals surface area contributed by atoms with E-state index in [1.807, 2.05) is 6.07 Å². The molecule has 0 fully saturated rings. The van der Waals surface area contributed by atoms with Gasteiger partial charge >= 0.3 is 0 Å². The van der Waals surface area contributed by atoms with Gasteiger partial charge in [-0.3, -0.25) is 0 Å². The molecule has 0 N–H and O–H groups in total. The molecule has 0 aliphatic heterocycles. The van der Waals surface area contributed by atoms with Crippen LogP contribution in [0.25, 0.3) is 99.2 Å². The minimum Gasteiger partial charge on any atom is -0.208 e. The van der Waals surface area contributed by atoms with Gasteiger partial charge in [-0.25, -0.2) is 15.0 Å². The van der Waals surface area contributed by atoms with Crippen molar-refractivity contribution in [2.75, 3.05) is 0 Å². The Labute approximate surface area is 289 Å². The smallest absolute Gasteiger partial charge is 0.165 e. The molecule has 10 rings (SSSR count). The van der Waals surface area contributed by atoms with Gasteiger partial charge in [0.15, 0.2) is 17.5 Å². The van der Waals surface area contributed by atoms with Crippen molar-refractivity contribution in [3.05, 3.63) is 176 Å². The monoisotopic (exact) mass is 635 g/mol. The van der Waals surface area contributed by atoms with Crippen LogP contribution in [0, 0.1) is 0 Å². The highest BCUT2D eigenvalue weighted by molar-refractivity contribution is 6.19. The third kappa shape index (κ3) is 4.63. The highest BCUT2D eigenvalue weighted by atomic mass is 15.0. The second-order valence-corrected chi connectivity index (χ2v) is 12.8. The van der Waals surface area contributed by atoms with E-state index in [0.29, 0.717) is 17.5 Å². The van der Waals surface area contributed by atoms with Gasteiger partial charge < -0.3 is 0 Å². The minimum atomic E-state index is 0.642. The van der Waals surface area contributed by atoms with Crippen molar-refractivity contribution >= 4 is 53.9 Å². The molecule has 0 aliphatic rings. The fourth-order valence-electron chi connectivity index (χ4n) is 7.48. The standard InChI is InChI=1S/C47H29N3/c1-2-12-30(13-3-1)31-22-24-33(25-23-31)45-48-46(43-29-34-15-5-8-18-37(34)39-20-10-11-21-40(39)43)50-47(49-45)44-38-19-9-6-16-35(38)28-42-36-17-7-4-14-32(36)26-27-41(42)44/h1-29H. The zero-order valence-electron chi connectivity index (χ0n) is 27.1. The molecule has 0 aliphatic carbocycles. The molecular formula is C47H29N3. The summed E-state index contributed by atoms with van der Waals surface area (Å²) in [7, 11) is 0. The molecule has 0 saturated heterocycles. The van der Waals surface area contributed by atoms with Gasteiger partial charge in [-0.1, -0.05) is 164 Å². The Bertz CT molecular complexity index is 2910. The minimum absolute atomic E-state index is 0.642. The molecule has 10 aromatic rings. The van der Waals surface area contributed by atoms with Crippen LogP contribution < -0.4 is 0 Å². The lowest BCUT2D eigenvalue weighted by atomic mass is 9.92. The molecule has 0 radical (unpaired) electrons. The van der Waals surface area contributed by atoms with E-state index < -0.39 is 0 Å². The van der Waals surface area contributed by atoms with Gasteiger partial charge in [0.05, 0.1) is 0 Å². The maximum atomic E-state index is 5.38. The van der Waals surface area contributed by atoms with Crippen LogP contribution in [0.1, 0.15) is 0 Å². The third-order valence-electron chi connectivity index (χ3n) is 9.89. The van der Waals surface area contributed by atoms with Crippen LogP contribution in [0.3, 0.4) is 0 Å². The van der Waals surface area contributed by atoms with Crippen LogP contribution in [0.4, 0.5) is 0 Å². The van der Waals surface area contributed by atoms with E-state index in [1.165, 1.54) is 32.5 Å². The summed E-state index contributed by atoms with van der Waals surface area (Å²) >= 11 is 0. The number of hydrogen-bond acceptors (Lipinski definition) is 3. The zero-order chi connectivity index (χ0) is 33.0. The predicted octanol–water partition coefficient (Wildman–Crippen LogP) is 12.3. The molecular weight excluding hydrogens is 607 g/mol. The van der Waals surface area contributed by atoms with E-state index in [9.17, 15) is 0 Å². The van der Waals surface area contributed by atoms with Crippen LogP contribution >= 0.6 is 0 Å². The molecule has 50 heavy (non-hydrogen) atoms. The zero-order valence-corrected chi connectivity index (χ0v) is 27.1. The predicted molar refractivity (Wildman–Crippen MR) is 209 cm³/mol. The van der Waals surface area contributed by atoms with E-state index >= 15 is 0 Å². The first-order valence-corrected chi connectivity index (χ1v) is 16.9. The molecule has 1 heterocycles. The number of aromatic nitrogens is 3. The Morgan fingerprint density at radius 3 is 1.54 bits per heavy atom. The van der Waals surface area contributed by atoms with E-state index in [1.54, 1.807) is 0 Å². The van der Waals surface area contributed by atoms with E-state index in [2.05, 4.69) is 170 Å². The quantitative estimate of drug-likeness (QED) is 0.143. The molecule has 0 unspecified atom stereocenters. The van der Waals surface area contributed by atoms with Crippen molar-refractivity contribution in [1.29, 1.82) is 0 Å². The molecule has 0 bridgehead atoms. The summed E-state index contributed by atoms with van der Waals surface area (Å²) in [6, 6.07) is 62.2. The van der Waals surface area contributed by atoms with E-state index in [0.717, 1.165) is 49.2 Å². The molecule has 1 aromatic heterocycles. The topological polar surface area (TPSA) is 38.7 Å². The van der Waals surface area contributed by atoms with Crippen LogP contribution in [0.15, 0.2) is 176 Å². The van der Waals surface area contributed by atoms with Crippen molar-refractivity contribution < 1.29 is 0 Å². The number of benzene rings is 9. The second-order valence-electron chi connectivity index (χ2n) is 12.8. The molecule has 0 spiro atoms. The van der Waals surface area contributed by atoms with Gasteiger partial charge in [-0.2, -0.15) is 0 Å². The van der Waals surface area contributed by atoms with E-state index in [-0.39, 0.29) is 0 Å². The molecule has 9 aromatic carbocycles. The van der Waals surface area contributed by atoms with Crippen molar-refractivity contribution in [2.24, 2.45) is 0 Å². The highest BCUT2D eigenvalue weighted by Crippen LogP contribution is 2.40. The van der Waals surface area contributed by atoms with Crippen molar-refractivity contribution in [1.82, 2.24) is 15.0 Å². The summed E-state index contributed by atoms with van der Waals surface area (Å²) in [6.45, 7) is 0. The van der Waals surface area contributed by atoms with Gasteiger partial charge in [0, 0.05) is 16.7 Å². The van der Waals surface area contributed by atoms with Crippen molar-refractivity contribution in [3.63, 3.8) is 0 Å². The van der Waals surface area contributed by atoms with Gasteiger partial charge in [0.1, 0.15) is 0 Å². The molecule has 3 nitrogen and oxygen atoms in total. The maximum Gasteiger partial charge on any atom is 0.165 e. The van der Waals surface area contributed by atoms with Crippen molar-refractivity contribution in [2.45, 2.75) is 0 Å². The average molecular weight is 636 g/mol. The lowest BCUT2D eigenvalue weighted by Crippen LogP contribution is -2.02. The van der Waals surface area contributed by atoms with Gasteiger partial charge in [0.2, 0.25) is 0 Å². The number of hydrogen-bond donors (Lipinski definition) is 0. The highest BCUT2D eigenvalue weighted by Gasteiger charge is 2.20. The lowest BCUT2D eigenvalue weighted by Gasteiger charge is -2.15. The Hall–Kier alpha value is -6.71. The number of rotatable bonds is 4. The molecule has 0 saturated carbocycles. The van der Waals surface area contributed by atoms with Gasteiger partial charge in [-0.05, 0) is 77.1 Å². The van der Waals surface area contributed by atoms with Crippen LogP contribution in [-0.4, -0.2) is 15.0 Å². The fraction of sp³-hybridized carbons (Fsp3) is 0. The van der Waals surface area contributed by atoms with Crippen LogP contribution in [-0.2, 0) is 0 Å². The maximum absolute atomic E-state index is 5.38. The molecule has 3 heteroatoms. The summed E-state index contributed by atoms with van der Waals surface area (Å²) in [5.41, 5.74) is 5.26. The van der Waals surface area contributed by atoms with Crippen LogP contribution in [0.2, 0.25) is 0 Å². The van der Waals surface area contributed by atoms with Gasteiger partial charge in [0.25, 0.3) is 0 Å². The summed E-state index contributed by atoms with van der Waals surface area (Å²) in [5.74, 6) is 1.95. The Balaban J connectivity index is 1.29. The lowest BCUT2D eigenvalue weighted by molar-refractivity contribution is 1.08. The van der Waals surface area contributed by atoms with Gasteiger partial charge in [-0.15, -0.1) is 0 Å². The Morgan fingerprint density at radius 2 is 0.780 bits per heavy atom. The largest absolute Gasteiger partial charge is 0.208 e. The number of fused-ring (bicyclic) bond motifs is 7. The summed E-state index contributed by atoms with van der Waals surface area (Å²) in [4.78, 5) is 15.9. The fourth-order valence-corrected chi connectivity index (χ4v) is 7.48.